The van der Waals surface area contributed by atoms with Crippen LogP contribution in [-0.2, 0) is 9.53 Å². The fourth-order valence-corrected chi connectivity index (χ4v) is 3.76. The molecule has 2 rings (SSSR count). The maximum absolute atomic E-state index is 11.7. The van der Waals surface area contributed by atoms with Crippen molar-refractivity contribution in [3.8, 4) is 0 Å². The molecule has 116 valence electrons. The van der Waals surface area contributed by atoms with Gasteiger partial charge in [-0.15, -0.1) is 0 Å². The lowest BCUT2D eigenvalue weighted by Gasteiger charge is -2.29. The lowest BCUT2D eigenvalue weighted by atomic mass is 9.85. The van der Waals surface area contributed by atoms with E-state index >= 15 is 0 Å². The minimum absolute atomic E-state index is 0.0214. The summed E-state index contributed by atoms with van der Waals surface area (Å²) in [6.07, 6.45) is 12.8. The van der Waals surface area contributed by atoms with Crippen LogP contribution in [0, 0.1) is 11.8 Å². The van der Waals surface area contributed by atoms with Crippen molar-refractivity contribution in [2.75, 3.05) is 13.2 Å². The van der Waals surface area contributed by atoms with Crippen molar-refractivity contribution in [1.29, 1.82) is 0 Å². The summed E-state index contributed by atoms with van der Waals surface area (Å²) in [5.74, 6) is 1.15. The Morgan fingerprint density at radius 3 is 2.40 bits per heavy atom. The van der Waals surface area contributed by atoms with Crippen molar-refractivity contribution in [2.24, 2.45) is 11.8 Å². The third-order valence-corrected chi connectivity index (χ3v) is 5.06. The van der Waals surface area contributed by atoms with Crippen molar-refractivity contribution in [2.45, 2.75) is 77.2 Å². The van der Waals surface area contributed by atoms with Crippen LogP contribution in [0.4, 0.5) is 0 Å². The molecule has 1 N–H and O–H groups in total. The van der Waals surface area contributed by atoms with E-state index in [1.807, 2.05) is 6.92 Å². The Balaban J connectivity index is 1.56. The first-order valence-electron chi connectivity index (χ1n) is 8.69. The zero-order chi connectivity index (χ0) is 14.2. The third kappa shape index (κ3) is 5.08. The van der Waals surface area contributed by atoms with Crippen LogP contribution < -0.4 is 5.32 Å². The molecule has 0 radical (unpaired) electrons. The number of carbonyl (C=O) groups is 1. The maximum atomic E-state index is 11.7. The van der Waals surface area contributed by atoms with Gasteiger partial charge >= 0.3 is 5.97 Å². The van der Waals surface area contributed by atoms with E-state index in [-0.39, 0.29) is 11.9 Å². The van der Waals surface area contributed by atoms with Crippen LogP contribution in [0.5, 0.6) is 0 Å². The van der Waals surface area contributed by atoms with Gasteiger partial charge in [0.05, 0.1) is 12.5 Å². The molecule has 2 aliphatic carbocycles. The first-order chi connectivity index (χ1) is 9.79. The topological polar surface area (TPSA) is 38.3 Å². The van der Waals surface area contributed by atoms with Crippen LogP contribution >= 0.6 is 0 Å². The summed E-state index contributed by atoms with van der Waals surface area (Å²) in [6.45, 7) is 3.56. The van der Waals surface area contributed by atoms with Gasteiger partial charge in [0.1, 0.15) is 0 Å². The smallest absolute Gasteiger partial charge is 0.308 e. The van der Waals surface area contributed by atoms with Gasteiger partial charge in [-0.2, -0.15) is 0 Å². The van der Waals surface area contributed by atoms with Crippen molar-refractivity contribution < 1.29 is 9.53 Å². The molecule has 0 aromatic heterocycles. The fourth-order valence-electron chi connectivity index (χ4n) is 3.76. The number of carbonyl (C=O) groups excluding carboxylic acids is 1. The van der Waals surface area contributed by atoms with Gasteiger partial charge in [-0.25, -0.2) is 0 Å². The van der Waals surface area contributed by atoms with Crippen molar-refractivity contribution in [1.82, 2.24) is 5.32 Å². The van der Waals surface area contributed by atoms with Crippen LogP contribution in [-0.4, -0.2) is 25.2 Å². The average molecular weight is 281 g/mol. The summed E-state index contributed by atoms with van der Waals surface area (Å²) >= 11 is 0. The normalized spacial score (nSPS) is 28.2. The summed E-state index contributed by atoms with van der Waals surface area (Å²) < 4.78 is 5.12. The molecule has 0 aliphatic heterocycles. The van der Waals surface area contributed by atoms with E-state index in [4.69, 9.17) is 4.74 Å². The van der Waals surface area contributed by atoms with Crippen LogP contribution in [0.15, 0.2) is 0 Å². The Morgan fingerprint density at radius 1 is 1.05 bits per heavy atom. The molecular formula is C17H31NO2. The second-order valence-electron chi connectivity index (χ2n) is 6.55. The number of rotatable bonds is 6. The molecule has 2 saturated carbocycles. The molecule has 0 amide bonds. The molecule has 0 heterocycles. The second kappa shape index (κ2) is 8.66. The number of nitrogens with one attached hydrogen (secondary N) is 1. The van der Waals surface area contributed by atoms with Crippen LogP contribution in [0.1, 0.15) is 71.1 Å². The molecule has 0 aromatic carbocycles. The highest BCUT2D eigenvalue weighted by Gasteiger charge is 2.26. The Morgan fingerprint density at radius 2 is 1.75 bits per heavy atom. The van der Waals surface area contributed by atoms with Gasteiger partial charge in [0.2, 0.25) is 0 Å². The minimum atomic E-state index is 0.0214. The molecule has 0 atom stereocenters. The SMILES string of the molecule is CCOC(=O)C1CCC(NCCC2CCCCC2)CC1. The standard InChI is InChI=1S/C17H31NO2/c1-2-20-17(19)15-8-10-16(11-9-15)18-13-12-14-6-4-3-5-7-14/h14-16,18H,2-13H2,1H3. The molecule has 0 unspecified atom stereocenters. The van der Waals surface area contributed by atoms with Gasteiger partial charge in [-0.05, 0) is 51.5 Å². The first kappa shape index (κ1) is 15.8. The van der Waals surface area contributed by atoms with E-state index in [1.165, 1.54) is 45.1 Å². The van der Waals surface area contributed by atoms with Gasteiger partial charge in [-0.1, -0.05) is 32.1 Å². The van der Waals surface area contributed by atoms with Crippen molar-refractivity contribution >= 4 is 5.97 Å². The maximum Gasteiger partial charge on any atom is 0.308 e. The lowest BCUT2D eigenvalue weighted by Crippen LogP contribution is -2.36. The van der Waals surface area contributed by atoms with Gasteiger partial charge in [0.15, 0.2) is 0 Å². The predicted molar refractivity (Wildman–Crippen MR) is 81.6 cm³/mol. The average Bonchev–Trinajstić information content (AvgIpc) is 2.49. The Hall–Kier alpha value is -0.570. The van der Waals surface area contributed by atoms with Crippen molar-refractivity contribution in [3.63, 3.8) is 0 Å². The van der Waals surface area contributed by atoms with E-state index in [9.17, 15) is 4.79 Å². The van der Waals surface area contributed by atoms with Crippen molar-refractivity contribution in [3.05, 3.63) is 0 Å². The Bertz CT molecular complexity index is 279. The quantitative estimate of drug-likeness (QED) is 0.755. The highest BCUT2D eigenvalue weighted by Crippen LogP contribution is 2.27. The predicted octanol–water partition coefficient (Wildman–Crippen LogP) is 3.67. The molecule has 2 aliphatic rings. The summed E-state index contributed by atoms with van der Waals surface area (Å²) in [6, 6.07) is 0.629. The largest absolute Gasteiger partial charge is 0.466 e. The highest BCUT2D eigenvalue weighted by atomic mass is 16.5. The number of ether oxygens (including phenoxy) is 1. The molecule has 0 bridgehead atoms. The molecule has 3 heteroatoms. The van der Waals surface area contributed by atoms with E-state index in [1.54, 1.807) is 0 Å². The van der Waals surface area contributed by atoms with Crippen LogP contribution in [0.2, 0.25) is 0 Å². The van der Waals surface area contributed by atoms with Crippen LogP contribution in [0.25, 0.3) is 0 Å². The van der Waals surface area contributed by atoms with E-state index in [0.29, 0.717) is 12.6 Å². The lowest BCUT2D eigenvalue weighted by molar-refractivity contribution is -0.149. The summed E-state index contributed by atoms with van der Waals surface area (Å²) in [4.78, 5) is 11.7. The Kier molecular flexibility index (Phi) is 6.85. The fraction of sp³-hybridized carbons (Fsp3) is 0.941. The summed E-state index contributed by atoms with van der Waals surface area (Å²) in [7, 11) is 0. The molecular weight excluding hydrogens is 250 g/mol. The molecule has 3 nitrogen and oxygen atoms in total. The highest BCUT2D eigenvalue weighted by molar-refractivity contribution is 5.72. The van der Waals surface area contributed by atoms with E-state index < -0.39 is 0 Å². The van der Waals surface area contributed by atoms with Gasteiger partial charge < -0.3 is 10.1 Å². The van der Waals surface area contributed by atoms with E-state index in [2.05, 4.69) is 5.32 Å². The third-order valence-electron chi connectivity index (χ3n) is 5.06. The second-order valence-corrected chi connectivity index (χ2v) is 6.55. The molecule has 0 aromatic rings. The number of hydrogen-bond donors (Lipinski definition) is 1. The minimum Gasteiger partial charge on any atom is -0.466 e. The van der Waals surface area contributed by atoms with Gasteiger partial charge in [0, 0.05) is 6.04 Å². The van der Waals surface area contributed by atoms with Gasteiger partial charge in [0.25, 0.3) is 0 Å². The Labute approximate surface area is 123 Å². The summed E-state index contributed by atoms with van der Waals surface area (Å²) in [5, 5.41) is 3.71. The monoisotopic (exact) mass is 281 g/mol. The summed E-state index contributed by atoms with van der Waals surface area (Å²) in [5.41, 5.74) is 0. The van der Waals surface area contributed by atoms with E-state index in [0.717, 1.165) is 31.6 Å². The van der Waals surface area contributed by atoms with Gasteiger partial charge in [-0.3, -0.25) is 4.79 Å². The molecule has 0 saturated heterocycles. The zero-order valence-corrected chi connectivity index (χ0v) is 13.0. The first-order valence-corrected chi connectivity index (χ1v) is 8.69. The van der Waals surface area contributed by atoms with Crippen LogP contribution in [0.3, 0.4) is 0 Å². The number of esters is 1. The number of hydrogen-bond acceptors (Lipinski definition) is 3. The molecule has 2 fully saturated rings. The molecule has 0 spiro atoms. The molecule has 20 heavy (non-hydrogen) atoms. The zero-order valence-electron chi connectivity index (χ0n) is 13.0.